The van der Waals surface area contributed by atoms with Crippen molar-refractivity contribution in [3.63, 3.8) is 0 Å². The molecule has 1 aliphatic heterocycles. The second-order valence-electron chi connectivity index (χ2n) is 2.72. The Kier molecular flexibility index (Phi) is 3.49. The molecule has 2 N–H and O–H groups in total. The van der Waals surface area contributed by atoms with E-state index < -0.39 is 6.17 Å². The van der Waals surface area contributed by atoms with E-state index in [4.69, 9.17) is 5.73 Å². The number of hydrogen-bond donors (Lipinski definition) is 1. The van der Waals surface area contributed by atoms with E-state index in [0.29, 0.717) is 6.54 Å². The Morgan fingerprint density at radius 3 is 3.00 bits per heavy atom. The molecule has 3 heteroatoms. The smallest absolute Gasteiger partial charge is 0.105 e. The molecule has 0 aromatic heterocycles. The minimum absolute atomic E-state index is 0.240. The highest BCUT2D eigenvalue weighted by Crippen LogP contribution is 2.27. The number of thioether (sulfide) groups is 1. The van der Waals surface area contributed by atoms with Crippen LogP contribution < -0.4 is 5.73 Å². The van der Waals surface area contributed by atoms with Crippen LogP contribution in [0.1, 0.15) is 12.8 Å². The lowest BCUT2D eigenvalue weighted by molar-refractivity contribution is 0.226. The summed E-state index contributed by atoms with van der Waals surface area (Å²) < 4.78 is 13.0. The SMILES string of the molecule is NCCC1CSCCC1F. The minimum Gasteiger partial charge on any atom is -0.330 e. The molecule has 0 saturated carbocycles. The van der Waals surface area contributed by atoms with Crippen molar-refractivity contribution in [1.82, 2.24) is 0 Å². The Labute approximate surface area is 65.6 Å². The van der Waals surface area contributed by atoms with E-state index in [1.54, 1.807) is 0 Å². The molecule has 1 nitrogen and oxygen atoms in total. The fourth-order valence-electron chi connectivity index (χ4n) is 1.25. The molecule has 0 amide bonds. The van der Waals surface area contributed by atoms with Gasteiger partial charge in [0.2, 0.25) is 0 Å². The third-order valence-corrected chi connectivity index (χ3v) is 3.11. The van der Waals surface area contributed by atoms with Crippen LogP contribution in [0.5, 0.6) is 0 Å². The topological polar surface area (TPSA) is 26.0 Å². The van der Waals surface area contributed by atoms with E-state index in [1.165, 1.54) is 0 Å². The van der Waals surface area contributed by atoms with E-state index in [1.807, 2.05) is 11.8 Å². The molecule has 10 heavy (non-hydrogen) atoms. The Hall–Kier alpha value is 0.240. The molecule has 1 heterocycles. The molecule has 0 aromatic rings. The lowest BCUT2D eigenvalue weighted by Crippen LogP contribution is -2.26. The van der Waals surface area contributed by atoms with Crippen LogP contribution in [-0.4, -0.2) is 24.2 Å². The van der Waals surface area contributed by atoms with Crippen molar-refractivity contribution in [2.24, 2.45) is 11.7 Å². The Morgan fingerprint density at radius 1 is 1.60 bits per heavy atom. The first-order chi connectivity index (χ1) is 4.84. The molecule has 1 saturated heterocycles. The summed E-state index contributed by atoms with van der Waals surface area (Å²) in [6.45, 7) is 0.631. The highest BCUT2D eigenvalue weighted by molar-refractivity contribution is 7.99. The third-order valence-electron chi connectivity index (χ3n) is 1.92. The van der Waals surface area contributed by atoms with Gasteiger partial charge in [0.05, 0.1) is 0 Å². The third kappa shape index (κ3) is 2.13. The predicted octanol–water partition coefficient (Wildman–Crippen LogP) is 1.43. The molecule has 1 fully saturated rings. The van der Waals surface area contributed by atoms with Crippen LogP contribution in [0.2, 0.25) is 0 Å². The van der Waals surface area contributed by atoms with Crippen LogP contribution in [0.3, 0.4) is 0 Å². The quantitative estimate of drug-likeness (QED) is 0.666. The standard InChI is InChI=1S/C7H14FNS/c8-7-2-4-10-5-6(7)1-3-9/h6-7H,1-5,9H2. The van der Waals surface area contributed by atoms with Crippen molar-refractivity contribution >= 4 is 11.8 Å². The number of hydrogen-bond acceptors (Lipinski definition) is 2. The number of rotatable bonds is 2. The lowest BCUT2D eigenvalue weighted by atomic mass is 10.00. The number of halogens is 1. The Balaban J connectivity index is 2.25. The van der Waals surface area contributed by atoms with Gasteiger partial charge in [0.1, 0.15) is 6.17 Å². The monoisotopic (exact) mass is 163 g/mol. The molecule has 0 spiro atoms. The summed E-state index contributed by atoms with van der Waals surface area (Å²) in [6, 6.07) is 0. The molecule has 0 bridgehead atoms. The first kappa shape index (κ1) is 8.34. The summed E-state index contributed by atoms with van der Waals surface area (Å²) >= 11 is 1.85. The van der Waals surface area contributed by atoms with E-state index in [2.05, 4.69) is 0 Å². The second kappa shape index (κ2) is 4.19. The van der Waals surface area contributed by atoms with Crippen LogP contribution in [-0.2, 0) is 0 Å². The van der Waals surface area contributed by atoms with Gasteiger partial charge in [-0.3, -0.25) is 0 Å². The van der Waals surface area contributed by atoms with Gasteiger partial charge in [0, 0.05) is 5.92 Å². The molecule has 0 radical (unpaired) electrons. The van der Waals surface area contributed by atoms with Gasteiger partial charge in [-0.2, -0.15) is 11.8 Å². The maximum absolute atomic E-state index is 13.0. The molecule has 0 aromatic carbocycles. The molecule has 2 unspecified atom stereocenters. The fraction of sp³-hybridized carbons (Fsp3) is 1.00. The zero-order chi connectivity index (χ0) is 7.40. The van der Waals surface area contributed by atoms with Gasteiger partial charge >= 0.3 is 0 Å². The second-order valence-corrected chi connectivity index (χ2v) is 3.87. The van der Waals surface area contributed by atoms with Crippen LogP contribution in [0.15, 0.2) is 0 Å². The maximum atomic E-state index is 13.0. The molecular formula is C7H14FNS. The Bertz CT molecular complexity index is 97.6. The van der Waals surface area contributed by atoms with Crippen LogP contribution in [0.25, 0.3) is 0 Å². The number of alkyl halides is 1. The zero-order valence-corrected chi connectivity index (χ0v) is 6.87. The zero-order valence-electron chi connectivity index (χ0n) is 6.05. The highest BCUT2D eigenvalue weighted by Gasteiger charge is 2.23. The van der Waals surface area contributed by atoms with Gasteiger partial charge < -0.3 is 5.73 Å². The average Bonchev–Trinajstić information content (AvgIpc) is 1.94. The summed E-state index contributed by atoms with van der Waals surface area (Å²) in [5.74, 6) is 2.20. The molecule has 0 aliphatic carbocycles. The van der Waals surface area contributed by atoms with Crippen molar-refractivity contribution in [3.05, 3.63) is 0 Å². The molecule has 60 valence electrons. The van der Waals surface area contributed by atoms with E-state index >= 15 is 0 Å². The van der Waals surface area contributed by atoms with Crippen molar-refractivity contribution in [3.8, 4) is 0 Å². The first-order valence-corrected chi connectivity index (χ1v) is 4.92. The fourth-order valence-corrected chi connectivity index (χ4v) is 2.49. The van der Waals surface area contributed by atoms with Crippen molar-refractivity contribution in [1.29, 1.82) is 0 Å². The van der Waals surface area contributed by atoms with Gasteiger partial charge in [-0.25, -0.2) is 4.39 Å². The van der Waals surface area contributed by atoms with Crippen LogP contribution in [0.4, 0.5) is 4.39 Å². The summed E-state index contributed by atoms with van der Waals surface area (Å²) in [7, 11) is 0. The highest BCUT2D eigenvalue weighted by atomic mass is 32.2. The van der Waals surface area contributed by atoms with Gasteiger partial charge in [0.25, 0.3) is 0 Å². The molecule has 1 rings (SSSR count). The summed E-state index contributed by atoms with van der Waals surface area (Å²) in [6.07, 6.45) is 1.01. The van der Waals surface area contributed by atoms with Gasteiger partial charge in [-0.05, 0) is 30.9 Å². The summed E-state index contributed by atoms with van der Waals surface area (Å²) in [4.78, 5) is 0. The Morgan fingerprint density at radius 2 is 2.40 bits per heavy atom. The van der Waals surface area contributed by atoms with Crippen molar-refractivity contribution in [2.75, 3.05) is 18.1 Å². The minimum atomic E-state index is -0.579. The van der Waals surface area contributed by atoms with Gasteiger partial charge in [-0.15, -0.1) is 0 Å². The van der Waals surface area contributed by atoms with E-state index in [-0.39, 0.29) is 5.92 Å². The van der Waals surface area contributed by atoms with Crippen molar-refractivity contribution in [2.45, 2.75) is 19.0 Å². The average molecular weight is 163 g/mol. The predicted molar refractivity (Wildman–Crippen MR) is 44.0 cm³/mol. The maximum Gasteiger partial charge on any atom is 0.105 e. The summed E-state index contributed by atoms with van der Waals surface area (Å²) in [5.41, 5.74) is 5.35. The van der Waals surface area contributed by atoms with Gasteiger partial charge in [0.15, 0.2) is 0 Å². The van der Waals surface area contributed by atoms with E-state index in [9.17, 15) is 4.39 Å². The summed E-state index contributed by atoms with van der Waals surface area (Å²) in [5, 5.41) is 0. The van der Waals surface area contributed by atoms with Gasteiger partial charge in [-0.1, -0.05) is 0 Å². The largest absolute Gasteiger partial charge is 0.330 e. The molecule has 2 atom stereocenters. The molecular weight excluding hydrogens is 149 g/mol. The first-order valence-electron chi connectivity index (χ1n) is 3.76. The van der Waals surface area contributed by atoms with Crippen LogP contribution >= 0.6 is 11.8 Å². The molecule has 1 aliphatic rings. The van der Waals surface area contributed by atoms with Crippen LogP contribution in [0, 0.1) is 5.92 Å². The number of nitrogens with two attached hydrogens (primary N) is 1. The lowest BCUT2D eigenvalue weighted by Gasteiger charge is -2.24. The van der Waals surface area contributed by atoms with E-state index in [0.717, 1.165) is 24.3 Å². The van der Waals surface area contributed by atoms with Crippen molar-refractivity contribution < 1.29 is 4.39 Å². The normalized spacial score (nSPS) is 34.2.